The van der Waals surface area contributed by atoms with Gasteiger partial charge in [-0.15, -0.1) is 0 Å². The summed E-state index contributed by atoms with van der Waals surface area (Å²) in [7, 11) is 0. The Kier molecular flexibility index (Phi) is 5.40. The molecule has 0 saturated heterocycles. The van der Waals surface area contributed by atoms with E-state index >= 15 is 0 Å². The smallest absolute Gasteiger partial charge is 0.00669 e. The van der Waals surface area contributed by atoms with Crippen molar-refractivity contribution >= 4 is 0 Å². The summed E-state index contributed by atoms with van der Waals surface area (Å²) in [4.78, 5) is 0. The van der Waals surface area contributed by atoms with Crippen molar-refractivity contribution < 1.29 is 0 Å². The van der Waals surface area contributed by atoms with Crippen molar-refractivity contribution in [2.24, 2.45) is 0 Å². The van der Waals surface area contributed by atoms with E-state index in [-0.39, 0.29) is 0 Å². The topological polar surface area (TPSA) is 0 Å². The summed E-state index contributed by atoms with van der Waals surface area (Å²) in [5, 5.41) is 0. The monoisotopic (exact) mass is 258 g/mol. The standard InChI is InChI=1S/C19H30/c1-12(2)9-19-17(14(5)6)10-16(13(3)4)11-18(19)15(7)8/h10-11,13-15H,1,9H2,2-8H3. The molecule has 0 nitrogen and oxygen atoms in total. The minimum atomic E-state index is 0.575. The molecular weight excluding hydrogens is 228 g/mol. The largest absolute Gasteiger partial charge is 0.0998 e. The Labute approximate surface area is 119 Å². The molecule has 106 valence electrons. The van der Waals surface area contributed by atoms with Crippen LogP contribution in [0, 0.1) is 0 Å². The van der Waals surface area contributed by atoms with E-state index in [2.05, 4.69) is 67.2 Å². The fraction of sp³-hybridized carbons (Fsp3) is 0.579. The highest BCUT2D eigenvalue weighted by Crippen LogP contribution is 2.33. The molecule has 19 heavy (non-hydrogen) atoms. The van der Waals surface area contributed by atoms with Crippen LogP contribution in [0.3, 0.4) is 0 Å². The first kappa shape index (κ1) is 16.0. The van der Waals surface area contributed by atoms with E-state index in [4.69, 9.17) is 0 Å². The van der Waals surface area contributed by atoms with Gasteiger partial charge in [0.1, 0.15) is 0 Å². The van der Waals surface area contributed by atoms with Crippen molar-refractivity contribution in [1.29, 1.82) is 0 Å². The maximum Gasteiger partial charge on any atom is -0.00669 e. The predicted octanol–water partition coefficient (Wildman–Crippen LogP) is 6.18. The fourth-order valence-corrected chi connectivity index (χ4v) is 2.61. The van der Waals surface area contributed by atoms with Crippen LogP contribution in [0.15, 0.2) is 24.3 Å². The van der Waals surface area contributed by atoms with Crippen molar-refractivity contribution in [1.82, 2.24) is 0 Å². The lowest BCUT2D eigenvalue weighted by molar-refractivity contribution is 0.781. The first-order valence-corrected chi connectivity index (χ1v) is 7.55. The molecule has 0 heterocycles. The lowest BCUT2D eigenvalue weighted by Crippen LogP contribution is -2.07. The molecule has 1 aromatic rings. The maximum absolute atomic E-state index is 4.11. The van der Waals surface area contributed by atoms with E-state index in [0.29, 0.717) is 17.8 Å². The van der Waals surface area contributed by atoms with E-state index in [1.54, 1.807) is 0 Å². The lowest BCUT2D eigenvalue weighted by atomic mass is 9.82. The van der Waals surface area contributed by atoms with Crippen LogP contribution < -0.4 is 0 Å². The second-order valence-electron chi connectivity index (χ2n) is 6.78. The molecule has 0 amide bonds. The highest BCUT2D eigenvalue weighted by atomic mass is 14.2. The zero-order valence-corrected chi connectivity index (χ0v) is 13.8. The van der Waals surface area contributed by atoms with Gasteiger partial charge in [0.2, 0.25) is 0 Å². The van der Waals surface area contributed by atoms with Gasteiger partial charge in [-0.25, -0.2) is 0 Å². The van der Waals surface area contributed by atoms with Gasteiger partial charge in [0.25, 0.3) is 0 Å². The SMILES string of the molecule is C=C(C)Cc1c(C(C)C)cc(C(C)C)cc1C(C)C. The summed E-state index contributed by atoms with van der Waals surface area (Å²) in [6.07, 6.45) is 1.01. The molecule has 0 unspecified atom stereocenters. The third-order valence-electron chi connectivity index (χ3n) is 3.73. The fourth-order valence-electron chi connectivity index (χ4n) is 2.61. The van der Waals surface area contributed by atoms with Gasteiger partial charge in [0.15, 0.2) is 0 Å². The minimum Gasteiger partial charge on any atom is -0.0998 e. The van der Waals surface area contributed by atoms with Crippen molar-refractivity contribution in [3.63, 3.8) is 0 Å². The molecular formula is C19H30. The van der Waals surface area contributed by atoms with E-state index in [1.165, 1.54) is 27.8 Å². The molecule has 0 aliphatic rings. The molecule has 0 aromatic heterocycles. The third kappa shape index (κ3) is 3.96. The lowest BCUT2D eigenvalue weighted by Gasteiger charge is -2.23. The van der Waals surface area contributed by atoms with E-state index in [0.717, 1.165) is 6.42 Å². The molecule has 0 aliphatic heterocycles. The molecule has 1 rings (SSSR count). The van der Waals surface area contributed by atoms with E-state index in [1.807, 2.05) is 0 Å². The van der Waals surface area contributed by atoms with Gasteiger partial charge >= 0.3 is 0 Å². The van der Waals surface area contributed by atoms with Crippen molar-refractivity contribution in [2.75, 3.05) is 0 Å². The van der Waals surface area contributed by atoms with Crippen molar-refractivity contribution in [2.45, 2.75) is 72.6 Å². The van der Waals surface area contributed by atoms with Crippen LogP contribution in [-0.4, -0.2) is 0 Å². The number of allylic oxidation sites excluding steroid dienone is 1. The Hall–Kier alpha value is -1.04. The van der Waals surface area contributed by atoms with Crippen LogP contribution in [0.5, 0.6) is 0 Å². The Morgan fingerprint density at radius 2 is 1.32 bits per heavy atom. The van der Waals surface area contributed by atoms with E-state index < -0.39 is 0 Å². The van der Waals surface area contributed by atoms with Crippen LogP contribution in [0.25, 0.3) is 0 Å². The van der Waals surface area contributed by atoms with Gasteiger partial charge < -0.3 is 0 Å². The molecule has 0 fully saturated rings. The summed E-state index contributed by atoms with van der Waals surface area (Å²) in [5.41, 5.74) is 7.26. The molecule has 0 bridgehead atoms. The molecule has 0 radical (unpaired) electrons. The van der Waals surface area contributed by atoms with E-state index in [9.17, 15) is 0 Å². The molecule has 1 aromatic carbocycles. The summed E-state index contributed by atoms with van der Waals surface area (Å²) in [6.45, 7) is 20.0. The number of rotatable bonds is 5. The van der Waals surface area contributed by atoms with Gasteiger partial charge in [-0.1, -0.05) is 65.8 Å². The summed E-state index contributed by atoms with van der Waals surface area (Å²) < 4.78 is 0. The predicted molar refractivity (Wildman–Crippen MR) is 87.2 cm³/mol. The molecule has 0 aliphatic carbocycles. The average molecular weight is 258 g/mol. The number of hydrogen-bond acceptors (Lipinski definition) is 0. The molecule has 0 heteroatoms. The maximum atomic E-state index is 4.11. The summed E-state index contributed by atoms with van der Waals surface area (Å²) in [5.74, 6) is 1.74. The Bertz CT molecular complexity index is 418. The minimum absolute atomic E-state index is 0.575. The zero-order chi connectivity index (χ0) is 14.7. The second-order valence-corrected chi connectivity index (χ2v) is 6.78. The number of hydrogen-bond donors (Lipinski definition) is 0. The second kappa shape index (κ2) is 6.41. The highest BCUT2D eigenvalue weighted by Gasteiger charge is 2.16. The first-order chi connectivity index (χ1) is 8.73. The van der Waals surface area contributed by atoms with Crippen LogP contribution in [-0.2, 0) is 6.42 Å². The highest BCUT2D eigenvalue weighted by molar-refractivity contribution is 5.45. The van der Waals surface area contributed by atoms with Gasteiger partial charge in [-0.3, -0.25) is 0 Å². The Morgan fingerprint density at radius 1 is 0.895 bits per heavy atom. The van der Waals surface area contributed by atoms with Crippen LogP contribution in [0.2, 0.25) is 0 Å². The van der Waals surface area contributed by atoms with Crippen LogP contribution in [0.4, 0.5) is 0 Å². The molecule has 0 spiro atoms. The summed E-state index contributed by atoms with van der Waals surface area (Å²) in [6, 6.07) is 4.83. The summed E-state index contributed by atoms with van der Waals surface area (Å²) >= 11 is 0. The number of benzene rings is 1. The van der Waals surface area contributed by atoms with Crippen molar-refractivity contribution in [3.8, 4) is 0 Å². The van der Waals surface area contributed by atoms with Gasteiger partial charge in [0, 0.05) is 0 Å². The quantitative estimate of drug-likeness (QED) is 0.553. The average Bonchev–Trinajstić information content (AvgIpc) is 2.27. The Balaban J connectivity index is 3.50. The van der Waals surface area contributed by atoms with Crippen LogP contribution in [0.1, 0.15) is 88.5 Å². The van der Waals surface area contributed by atoms with Crippen LogP contribution >= 0.6 is 0 Å². The molecule has 0 atom stereocenters. The van der Waals surface area contributed by atoms with Gasteiger partial charge in [-0.2, -0.15) is 0 Å². The normalized spacial score (nSPS) is 11.7. The molecule has 0 N–H and O–H groups in total. The zero-order valence-electron chi connectivity index (χ0n) is 13.8. The Morgan fingerprint density at radius 3 is 1.58 bits per heavy atom. The van der Waals surface area contributed by atoms with Crippen molar-refractivity contribution in [3.05, 3.63) is 46.5 Å². The third-order valence-corrected chi connectivity index (χ3v) is 3.73. The first-order valence-electron chi connectivity index (χ1n) is 7.55. The molecule has 0 saturated carbocycles. The van der Waals surface area contributed by atoms with Gasteiger partial charge in [-0.05, 0) is 53.4 Å². The van der Waals surface area contributed by atoms with Gasteiger partial charge in [0.05, 0.1) is 0 Å².